The SMILES string of the molecule is COCNC(=O)CSc1n[nH]c2nc3ccccc3n12. The average molecular weight is 291 g/mol. The van der Waals surface area contributed by atoms with Crippen LogP contribution in [0.3, 0.4) is 0 Å². The first kappa shape index (κ1) is 12.9. The monoisotopic (exact) mass is 291 g/mol. The third kappa shape index (κ3) is 2.35. The number of imidazole rings is 1. The van der Waals surface area contributed by atoms with Crippen LogP contribution >= 0.6 is 11.8 Å². The fourth-order valence-electron chi connectivity index (χ4n) is 1.87. The number of para-hydroxylation sites is 2. The van der Waals surface area contributed by atoms with Gasteiger partial charge in [0.15, 0.2) is 5.16 Å². The lowest BCUT2D eigenvalue weighted by atomic mass is 10.3. The van der Waals surface area contributed by atoms with Gasteiger partial charge in [-0.25, -0.2) is 10.1 Å². The van der Waals surface area contributed by atoms with Crippen LogP contribution in [0.15, 0.2) is 29.4 Å². The maximum atomic E-state index is 11.6. The number of nitrogens with zero attached hydrogens (tertiary/aromatic N) is 3. The van der Waals surface area contributed by atoms with Crippen LogP contribution in [0.25, 0.3) is 16.8 Å². The number of amides is 1. The number of methoxy groups -OCH3 is 1. The first-order chi connectivity index (χ1) is 9.79. The number of thioether (sulfide) groups is 1. The molecule has 7 nitrogen and oxygen atoms in total. The number of rotatable bonds is 5. The number of hydrogen-bond acceptors (Lipinski definition) is 5. The van der Waals surface area contributed by atoms with Crippen molar-refractivity contribution in [2.75, 3.05) is 19.6 Å². The molecule has 0 saturated carbocycles. The van der Waals surface area contributed by atoms with Crippen LogP contribution in [0.2, 0.25) is 0 Å². The molecule has 3 rings (SSSR count). The Labute approximate surface area is 118 Å². The smallest absolute Gasteiger partial charge is 0.232 e. The lowest BCUT2D eigenvalue weighted by Gasteiger charge is -2.02. The normalized spacial score (nSPS) is 11.2. The number of carbonyl (C=O) groups excluding carboxylic acids is 1. The topological polar surface area (TPSA) is 84.3 Å². The van der Waals surface area contributed by atoms with E-state index in [0.29, 0.717) is 10.9 Å². The second-order valence-electron chi connectivity index (χ2n) is 4.09. The number of carbonyl (C=O) groups is 1. The standard InChI is InChI=1S/C12H13N5O2S/c1-19-7-13-10(18)6-20-12-16-15-11-14-8-4-2-3-5-9(8)17(11)12/h2-5H,6-7H2,1H3,(H,13,18)(H,14,15). The fraction of sp³-hybridized carbons (Fsp3) is 0.250. The minimum Gasteiger partial charge on any atom is -0.364 e. The molecule has 2 aromatic heterocycles. The second kappa shape index (κ2) is 5.51. The van der Waals surface area contributed by atoms with E-state index in [1.54, 1.807) is 0 Å². The van der Waals surface area contributed by atoms with Gasteiger partial charge in [-0.1, -0.05) is 23.9 Å². The second-order valence-corrected chi connectivity index (χ2v) is 5.03. The van der Waals surface area contributed by atoms with E-state index in [1.165, 1.54) is 18.9 Å². The van der Waals surface area contributed by atoms with Gasteiger partial charge in [-0.15, -0.1) is 5.10 Å². The van der Waals surface area contributed by atoms with E-state index in [1.807, 2.05) is 28.7 Å². The third-order valence-electron chi connectivity index (χ3n) is 2.75. The number of hydrogen-bond donors (Lipinski definition) is 2. The lowest BCUT2D eigenvalue weighted by Crippen LogP contribution is -2.27. The Morgan fingerprint density at radius 3 is 3.20 bits per heavy atom. The highest BCUT2D eigenvalue weighted by Crippen LogP contribution is 2.22. The van der Waals surface area contributed by atoms with Crippen LogP contribution < -0.4 is 5.32 Å². The zero-order valence-corrected chi connectivity index (χ0v) is 11.6. The highest BCUT2D eigenvalue weighted by atomic mass is 32.2. The Kier molecular flexibility index (Phi) is 3.57. The number of aromatic nitrogens is 4. The summed E-state index contributed by atoms with van der Waals surface area (Å²) in [6, 6.07) is 7.80. The van der Waals surface area contributed by atoms with Crippen LogP contribution in [-0.2, 0) is 9.53 Å². The maximum Gasteiger partial charge on any atom is 0.232 e. The number of nitrogens with one attached hydrogen (secondary N) is 2. The molecular weight excluding hydrogens is 278 g/mol. The first-order valence-electron chi connectivity index (χ1n) is 5.99. The Bertz CT molecular complexity index is 751. The highest BCUT2D eigenvalue weighted by Gasteiger charge is 2.13. The molecule has 0 aliphatic heterocycles. The molecule has 0 unspecified atom stereocenters. The largest absolute Gasteiger partial charge is 0.364 e. The Hall–Kier alpha value is -2.06. The maximum absolute atomic E-state index is 11.6. The number of benzene rings is 1. The molecule has 20 heavy (non-hydrogen) atoms. The van der Waals surface area contributed by atoms with Crippen molar-refractivity contribution in [1.82, 2.24) is 24.9 Å². The van der Waals surface area contributed by atoms with E-state index in [9.17, 15) is 4.79 Å². The molecule has 8 heteroatoms. The van der Waals surface area contributed by atoms with E-state index in [0.717, 1.165) is 11.0 Å². The van der Waals surface area contributed by atoms with Gasteiger partial charge in [0.2, 0.25) is 11.7 Å². The molecular formula is C12H13N5O2S. The fourth-order valence-corrected chi connectivity index (χ4v) is 2.66. The predicted octanol–water partition coefficient (Wildman–Crippen LogP) is 1.02. The van der Waals surface area contributed by atoms with Crippen LogP contribution in [0, 0.1) is 0 Å². The molecule has 0 spiro atoms. The molecule has 0 aliphatic rings. The van der Waals surface area contributed by atoms with E-state index in [-0.39, 0.29) is 18.4 Å². The molecule has 2 heterocycles. The van der Waals surface area contributed by atoms with Crippen molar-refractivity contribution in [3.8, 4) is 0 Å². The summed E-state index contributed by atoms with van der Waals surface area (Å²) in [5.41, 5.74) is 1.86. The third-order valence-corrected chi connectivity index (χ3v) is 3.69. The lowest BCUT2D eigenvalue weighted by molar-refractivity contribution is -0.119. The number of H-pyrrole nitrogens is 1. The van der Waals surface area contributed by atoms with Crippen molar-refractivity contribution in [2.45, 2.75) is 5.16 Å². The van der Waals surface area contributed by atoms with Crippen molar-refractivity contribution in [3.05, 3.63) is 24.3 Å². The van der Waals surface area contributed by atoms with Crippen LogP contribution in [0.1, 0.15) is 0 Å². The van der Waals surface area contributed by atoms with Crippen molar-refractivity contribution >= 4 is 34.5 Å². The molecule has 3 aromatic rings. The molecule has 1 amide bonds. The van der Waals surface area contributed by atoms with Crippen molar-refractivity contribution in [1.29, 1.82) is 0 Å². The number of fused-ring (bicyclic) bond motifs is 3. The van der Waals surface area contributed by atoms with Gasteiger partial charge in [0.05, 0.1) is 16.8 Å². The van der Waals surface area contributed by atoms with Gasteiger partial charge in [-0.05, 0) is 12.1 Å². The summed E-state index contributed by atoms with van der Waals surface area (Å²) in [6.07, 6.45) is 0. The van der Waals surface area contributed by atoms with Crippen LogP contribution in [0.5, 0.6) is 0 Å². The molecule has 0 bridgehead atoms. The zero-order valence-electron chi connectivity index (χ0n) is 10.8. The van der Waals surface area contributed by atoms with Gasteiger partial charge < -0.3 is 10.1 Å². The summed E-state index contributed by atoms with van der Waals surface area (Å²) >= 11 is 1.35. The number of ether oxygens (including phenoxy) is 1. The van der Waals surface area contributed by atoms with Crippen molar-refractivity contribution in [3.63, 3.8) is 0 Å². The quantitative estimate of drug-likeness (QED) is 0.541. The summed E-state index contributed by atoms with van der Waals surface area (Å²) in [6.45, 7) is 0.212. The van der Waals surface area contributed by atoms with Gasteiger partial charge in [-0.2, -0.15) is 0 Å². The average Bonchev–Trinajstić information content (AvgIpc) is 3.02. The van der Waals surface area contributed by atoms with Crippen LogP contribution in [-0.4, -0.2) is 45.1 Å². The van der Waals surface area contributed by atoms with Crippen molar-refractivity contribution < 1.29 is 9.53 Å². The Morgan fingerprint density at radius 2 is 2.35 bits per heavy atom. The summed E-state index contributed by atoms with van der Waals surface area (Å²) in [5, 5.41) is 10.4. The van der Waals surface area contributed by atoms with E-state index in [4.69, 9.17) is 4.74 Å². The number of aromatic amines is 1. The summed E-state index contributed by atoms with van der Waals surface area (Å²) in [5.74, 6) is 0.846. The first-order valence-corrected chi connectivity index (χ1v) is 6.98. The van der Waals surface area contributed by atoms with Gasteiger partial charge >= 0.3 is 0 Å². The molecule has 2 N–H and O–H groups in total. The van der Waals surface area contributed by atoms with Gasteiger partial charge in [0, 0.05) is 7.11 Å². The molecule has 0 saturated heterocycles. The zero-order chi connectivity index (χ0) is 13.9. The summed E-state index contributed by atoms with van der Waals surface area (Å²) in [4.78, 5) is 16.0. The molecule has 0 atom stereocenters. The minimum absolute atomic E-state index is 0.0996. The molecule has 104 valence electrons. The van der Waals surface area contributed by atoms with Gasteiger partial charge in [-0.3, -0.25) is 9.20 Å². The van der Waals surface area contributed by atoms with Gasteiger partial charge in [0.1, 0.15) is 6.73 Å². The molecule has 0 fully saturated rings. The molecule has 1 aromatic carbocycles. The highest BCUT2D eigenvalue weighted by molar-refractivity contribution is 7.99. The van der Waals surface area contributed by atoms with E-state index < -0.39 is 0 Å². The van der Waals surface area contributed by atoms with E-state index in [2.05, 4.69) is 20.5 Å². The molecule has 0 aliphatic carbocycles. The van der Waals surface area contributed by atoms with Crippen molar-refractivity contribution in [2.24, 2.45) is 0 Å². The summed E-state index contributed by atoms with van der Waals surface area (Å²) < 4.78 is 6.69. The predicted molar refractivity (Wildman–Crippen MR) is 75.6 cm³/mol. The van der Waals surface area contributed by atoms with Crippen LogP contribution in [0.4, 0.5) is 0 Å². The summed E-state index contributed by atoms with van der Waals surface area (Å²) in [7, 11) is 1.53. The Morgan fingerprint density at radius 1 is 1.50 bits per heavy atom. The van der Waals surface area contributed by atoms with Gasteiger partial charge in [0.25, 0.3) is 0 Å². The minimum atomic E-state index is -0.0996. The van der Waals surface area contributed by atoms with E-state index >= 15 is 0 Å². The molecule has 0 radical (unpaired) electrons. The Balaban J connectivity index is 1.83.